The van der Waals surface area contributed by atoms with Gasteiger partial charge in [-0.25, -0.2) is 0 Å². The van der Waals surface area contributed by atoms with Crippen molar-refractivity contribution in [3.05, 3.63) is 84.4 Å². The Morgan fingerprint density at radius 2 is 1.55 bits per heavy atom. The van der Waals surface area contributed by atoms with Gasteiger partial charge in [0.1, 0.15) is 11.5 Å². The molecule has 0 radical (unpaired) electrons. The Morgan fingerprint density at radius 1 is 0.903 bits per heavy atom. The fraction of sp³-hybridized carbons (Fsp3) is 0.240. The lowest BCUT2D eigenvalue weighted by Gasteiger charge is -2.26. The molecule has 3 rings (SSSR count). The highest BCUT2D eigenvalue weighted by atomic mass is 16.5. The Kier molecular flexibility index (Phi) is 7.90. The van der Waals surface area contributed by atoms with E-state index in [1.165, 1.54) is 0 Å². The van der Waals surface area contributed by atoms with Gasteiger partial charge in [-0.3, -0.25) is 4.79 Å². The highest BCUT2D eigenvalue weighted by Crippen LogP contribution is 2.27. The van der Waals surface area contributed by atoms with E-state index in [1.54, 1.807) is 7.11 Å². The first-order valence-electron chi connectivity index (χ1n) is 10.2. The van der Waals surface area contributed by atoms with Crippen molar-refractivity contribution in [1.82, 2.24) is 10.2 Å². The van der Waals surface area contributed by atoms with Gasteiger partial charge < -0.3 is 25.0 Å². The molecule has 0 heterocycles. The lowest BCUT2D eigenvalue weighted by Crippen LogP contribution is -2.37. The van der Waals surface area contributed by atoms with Crippen LogP contribution in [0, 0.1) is 0 Å². The summed E-state index contributed by atoms with van der Waals surface area (Å²) in [4.78, 5) is 14.4. The van der Waals surface area contributed by atoms with Crippen molar-refractivity contribution < 1.29 is 14.3 Å². The third-order valence-electron chi connectivity index (χ3n) is 4.90. The Hall–Kier alpha value is -3.51. The smallest absolute Gasteiger partial charge is 0.258 e. The molecule has 3 aromatic carbocycles. The van der Waals surface area contributed by atoms with Crippen molar-refractivity contribution in [3.8, 4) is 11.5 Å². The maximum Gasteiger partial charge on any atom is 0.258 e. The van der Waals surface area contributed by atoms with Crippen LogP contribution in [-0.2, 0) is 4.79 Å². The van der Waals surface area contributed by atoms with Gasteiger partial charge in [0.15, 0.2) is 6.61 Å². The van der Waals surface area contributed by atoms with E-state index in [1.807, 2.05) is 93.0 Å². The molecule has 0 saturated carbocycles. The molecule has 162 valence electrons. The van der Waals surface area contributed by atoms with E-state index < -0.39 is 0 Å². The van der Waals surface area contributed by atoms with E-state index in [-0.39, 0.29) is 18.6 Å². The van der Waals surface area contributed by atoms with E-state index in [2.05, 4.69) is 15.5 Å². The van der Waals surface area contributed by atoms with Gasteiger partial charge in [0.25, 0.3) is 5.91 Å². The van der Waals surface area contributed by atoms with Crippen LogP contribution in [0.15, 0.2) is 78.9 Å². The summed E-state index contributed by atoms with van der Waals surface area (Å²) in [6.45, 7) is 0.410. The van der Waals surface area contributed by atoms with Gasteiger partial charge in [0.2, 0.25) is 0 Å². The summed E-state index contributed by atoms with van der Waals surface area (Å²) in [6, 6.07) is 25.3. The van der Waals surface area contributed by atoms with Gasteiger partial charge in [-0.05, 0) is 56.6 Å². The summed E-state index contributed by atoms with van der Waals surface area (Å²) in [5, 5.41) is 6.27. The molecule has 1 unspecified atom stereocenters. The third kappa shape index (κ3) is 6.49. The summed E-state index contributed by atoms with van der Waals surface area (Å²) in [5.41, 5.74) is 2.99. The summed E-state index contributed by atoms with van der Waals surface area (Å²) in [6.07, 6.45) is 0. The molecule has 6 nitrogen and oxygen atoms in total. The average molecular weight is 420 g/mol. The second kappa shape index (κ2) is 11.0. The van der Waals surface area contributed by atoms with E-state index in [9.17, 15) is 4.79 Å². The normalized spacial score (nSPS) is 11.6. The van der Waals surface area contributed by atoms with E-state index in [0.29, 0.717) is 12.3 Å². The topological polar surface area (TPSA) is 62.8 Å². The maximum atomic E-state index is 12.3. The average Bonchev–Trinajstić information content (AvgIpc) is 2.79. The van der Waals surface area contributed by atoms with Crippen molar-refractivity contribution in [2.24, 2.45) is 0 Å². The molecule has 0 aliphatic rings. The number of benzene rings is 3. The number of rotatable bonds is 10. The number of carbonyl (C=O) groups excluding carboxylic acids is 1. The molecular weight excluding hydrogens is 390 g/mol. The van der Waals surface area contributed by atoms with Gasteiger partial charge in [-0.15, -0.1) is 0 Å². The number of hydrogen-bond donors (Lipinski definition) is 2. The zero-order valence-corrected chi connectivity index (χ0v) is 18.2. The van der Waals surface area contributed by atoms with Crippen LogP contribution in [0.1, 0.15) is 11.6 Å². The van der Waals surface area contributed by atoms with Gasteiger partial charge in [-0.1, -0.05) is 36.4 Å². The molecule has 0 aliphatic heterocycles. The summed E-state index contributed by atoms with van der Waals surface area (Å²) >= 11 is 0. The second-order valence-electron chi connectivity index (χ2n) is 7.33. The molecule has 1 atom stereocenters. The minimum Gasteiger partial charge on any atom is -0.496 e. The monoisotopic (exact) mass is 419 g/mol. The van der Waals surface area contributed by atoms with Gasteiger partial charge >= 0.3 is 0 Å². The highest BCUT2D eigenvalue weighted by Gasteiger charge is 2.19. The number of ether oxygens (including phenoxy) is 2. The summed E-state index contributed by atoms with van der Waals surface area (Å²) < 4.78 is 11.1. The molecule has 1 amide bonds. The lowest BCUT2D eigenvalue weighted by molar-refractivity contribution is -0.123. The van der Waals surface area contributed by atoms with Crippen LogP contribution in [0.2, 0.25) is 0 Å². The van der Waals surface area contributed by atoms with Crippen molar-refractivity contribution in [2.75, 3.05) is 39.7 Å². The van der Waals surface area contributed by atoms with E-state index in [4.69, 9.17) is 9.47 Å². The molecule has 0 aliphatic carbocycles. The Balaban J connectivity index is 1.50. The molecule has 0 saturated heterocycles. The van der Waals surface area contributed by atoms with E-state index in [0.717, 1.165) is 22.7 Å². The molecule has 0 fully saturated rings. The zero-order valence-electron chi connectivity index (χ0n) is 18.2. The van der Waals surface area contributed by atoms with Crippen LogP contribution < -0.4 is 20.1 Å². The maximum absolute atomic E-state index is 12.3. The minimum absolute atomic E-state index is 0.0107. The van der Waals surface area contributed by atoms with Crippen molar-refractivity contribution in [2.45, 2.75) is 6.04 Å². The number of likely N-dealkylation sites (N-methyl/N-ethyl adjacent to an activating group) is 1. The Bertz CT molecular complexity index is 959. The minimum atomic E-state index is -0.173. The molecule has 0 spiro atoms. The van der Waals surface area contributed by atoms with Crippen molar-refractivity contribution in [3.63, 3.8) is 0 Å². The van der Waals surface area contributed by atoms with Gasteiger partial charge in [-0.2, -0.15) is 0 Å². The first-order chi connectivity index (χ1) is 15.1. The molecule has 6 heteroatoms. The number of para-hydroxylation sites is 2. The number of nitrogens with one attached hydrogen (secondary N) is 2. The molecule has 0 bridgehead atoms. The van der Waals surface area contributed by atoms with Crippen molar-refractivity contribution >= 4 is 17.3 Å². The molecule has 3 aromatic rings. The SMILES string of the molecule is COc1ccccc1C(CNC(=O)COc1ccc(Nc2ccccc2)cc1)N(C)C. The van der Waals surface area contributed by atoms with Crippen molar-refractivity contribution in [1.29, 1.82) is 0 Å². The predicted molar refractivity (Wildman–Crippen MR) is 124 cm³/mol. The molecule has 31 heavy (non-hydrogen) atoms. The van der Waals surface area contributed by atoms with Gasteiger partial charge in [0, 0.05) is 23.5 Å². The van der Waals surface area contributed by atoms with Crippen LogP contribution in [0.5, 0.6) is 11.5 Å². The fourth-order valence-electron chi connectivity index (χ4n) is 3.25. The summed E-state index contributed by atoms with van der Waals surface area (Å²) in [5.74, 6) is 1.27. The fourth-order valence-corrected chi connectivity index (χ4v) is 3.25. The van der Waals surface area contributed by atoms with Crippen LogP contribution in [0.3, 0.4) is 0 Å². The Labute approximate surface area is 183 Å². The standard InChI is InChI=1S/C25H29N3O3/c1-28(2)23(22-11-7-8-12-24(22)30-3)17-26-25(29)18-31-21-15-13-20(14-16-21)27-19-9-5-4-6-10-19/h4-16,23,27H,17-18H2,1-3H3,(H,26,29). The third-order valence-corrected chi connectivity index (χ3v) is 4.90. The van der Waals surface area contributed by atoms with E-state index >= 15 is 0 Å². The first-order valence-corrected chi connectivity index (χ1v) is 10.2. The largest absolute Gasteiger partial charge is 0.496 e. The molecule has 0 aromatic heterocycles. The predicted octanol–water partition coefficient (Wildman–Crippen LogP) is 4.24. The number of methoxy groups -OCH3 is 1. The zero-order chi connectivity index (χ0) is 22.1. The van der Waals surface area contributed by atoms with Crippen LogP contribution in [-0.4, -0.2) is 45.2 Å². The van der Waals surface area contributed by atoms with Crippen LogP contribution in [0.4, 0.5) is 11.4 Å². The van der Waals surface area contributed by atoms with Gasteiger partial charge in [0.05, 0.1) is 13.2 Å². The number of amides is 1. The number of anilines is 2. The second-order valence-corrected chi connectivity index (χ2v) is 7.33. The lowest BCUT2D eigenvalue weighted by atomic mass is 10.0. The van der Waals surface area contributed by atoms with Crippen LogP contribution >= 0.6 is 0 Å². The molecular formula is C25H29N3O3. The van der Waals surface area contributed by atoms with Crippen LogP contribution in [0.25, 0.3) is 0 Å². The number of carbonyl (C=O) groups is 1. The summed E-state index contributed by atoms with van der Waals surface area (Å²) in [7, 11) is 5.61. The number of hydrogen-bond acceptors (Lipinski definition) is 5. The molecule has 2 N–H and O–H groups in total. The Morgan fingerprint density at radius 3 is 2.23 bits per heavy atom. The highest BCUT2D eigenvalue weighted by molar-refractivity contribution is 5.77. The quantitative estimate of drug-likeness (QED) is 0.515. The number of nitrogens with zero attached hydrogens (tertiary/aromatic N) is 1. The first kappa shape index (κ1) is 22.2.